The predicted octanol–water partition coefficient (Wildman–Crippen LogP) is 1.68. The highest BCUT2D eigenvalue weighted by Crippen LogP contribution is 2.28. The van der Waals surface area contributed by atoms with E-state index in [1.165, 1.54) is 21.2 Å². The van der Waals surface area contributed by atoms with Gasteiger partial charge in [0, 0.05) is 24.6 Å². The Balaban J connectivity index is 3.06. The van der Waals surface area contributed by atoms with Gasteiger partial charge in [0.15, 0.2) is 0 Å². The molecule has 16 heavy (non-hydrogen) atoms. The van der Waals surface area contributed by atoms with E-state index in [0.717, 1.165) is 4.31 Å². The topological polar surface area (TPSA) is 58.6 Å². The van der Waals surface area contributed by atoms with E-state index >= 15 is 0 Å². The summed E-state index contributed by atoms with van der Waals surface area (Å²) in [5.74, 6) is 0.583. The van der Waals surface area contributed by atoms with Gasteiger partial charge in [-0.3, -0.25) is 4.72 Å². The number of rotatable bonds is 4. The van der Waals surface area contributed by atoms with E-state index in [1.807, 2.05) is 0 Å². The third-order valence-corrected chi connectivity index (χ3v) is 4.02. The minimum absolute atomic E-state index is 0.438. The fourth-order valence-electron chi connectivity index (χ4n) is 0.940. The molecule has 90 valence electrons. The van der Waals surface area contributed by atoms with E-state index in [9.17, 15) is 8.42 Å². The van der Waals surface area contributed by atoms with Crippen LogP contribution in [0.15, 0.2) is 22.7 Å². The first kappa shape index (κ1) is 13.3. The fraction of sp³-hybridized carbons (Fsp3) is 0.333. The Bertz CT molecular complexity index is 474. The maximum absolute atomic E-state index is 11.6. The van der Waals surface area contributed by atoms with Crippen LogP contribution >= 0.6 is 15.9 Å². The molecule has 1 N–H and O–H groups in total. The summed E-state index contributed by atoms with van der Waals surface area (Å²) in [5.41, 5.74) is 0.438. The molecule has 5 nitrogen and oxygen atoms in total. The Morgan fingerprint density at radius 3 is 2.50 bits per heavy atom. The Morgan fingerprint density at radius 2 is 2.00 bits per heavy atom. The van der Waals surface area contributed by atoms with Crippen molar-refractivity contribution in [2.45, 2.75) is 0 Å². The van der Waals surface area contributed by atoms with Crippen molar-refractivity contribution in [3.8, 4) is 5.75 Å². The quantitative estimate of drug-likeness (QED) is 0.920. The molecule has 0 spiro atoms. The first-order chi connectivity index (χ1) is 7.36. The molecule has 0 amide bonds. The molecule has 0 aliphatic carbocycles. The van der Waals surface area contributed by atoms with Crippen molar-refractivity contribution in [3.63, 3.8) is 0 Å². The van der Waals surface area contributed by atoms with Crippen molar-refractivity contribution in [2.24, 2.45) is 0 Å². The molecule has 0 saturated carbocycles. The summed E-state index contributed by atoms with van der Waals surface area (Å²) in [7, 11) is 0.930. The Morgan fingerprint density at radius 1 is 1.38 bits per heavy atom. The molecule has 0 bridgehead atoms. The molecule has 0 aromatic heterocycles. The molecule has 1 aromatic carbocycles. The van der Waals surface area contributed by atoms with E-state index in [1.54, 1.807) is 18.2 Å². The van der Waals surface area contributed by atoms with E-state index in [2.05, 4.69) is 20.7 Å². The fourth-order valence-corrected chi connectivity index (χ4v) is 2.05. The monoisotopic (exact) mass is 308 g/mol. The van der Waals surface area contributed by atoms with Gasteiger partial charge < -0.3 is 4.74 Å². The van der Waals surface area contributed by atoms with Gasteiger partial charge in [0.2, 0.25) is 0 Å². The Labute approximate surface area is 104 Å². The van der Waals surface area contributed by atoms with Crippen LogP contribution in [0.25, 0.3) is 0 Å². The molecular weight excluding hydrogens is 296 g/mol. The van der Waals surface area contributed by atoms with Crippen LogP contribution in [0, 0.1) is 0 Å². The van der Waals surface area contributed by atoms with Gasteiger partial charge in [0.05, 0.1) is 12.8 Å². The van der Waals surface area contributed by atoms with E-state index < -0.39 is 10.2 Å². The lowest BCUT2D eigenvalue weighted by Crippen LogP contribution is -2.29. The van der Waals surface area contributed by atoms with Crippen LogP contribution in [0.3, 0.4) is 0 Å². The minimum Gasteiger partial charge on any atom is -0.497 e. The van der Waals surface area contributed by atoms with Gasteiger partial charge in [-0.1, -0.05) is 0 Å². The first-order valence-corrected chi connectivity index (χ1v) is 6.64. The molecule has 0 atom stereocenters. The zero-order valence-electron chi connectivity index (χ0n) is 9.19. The van der Waals surface area contributed by atoms with Crippen molar-refractivity contribution in [1.29, 1.82) is 0 Å². The van der Waals surface area contributed by atoms with Crippen molar-refractivity contribution >= 4 is 31.8 Å². The first-order valence-electron chi connectivity index (χ1n) is 4.40. The number of methoxy groups -OCH3 is 1. The smallest absolute Gasteiger partial charge is 0.301 e. The Hall–Kier alpha value is -0.790. The van der Waals surface area contributed by atoms with E-state index in [0.29, 0.717) is 15.9 Å². The highest BCUT2D eigenvalue weighted by atomic mass is 79.9. The second-order valence-corrected chi connectivity index (χ2v) is 5.97. The van der Waals surface area contributed by atoms with E-state index in [-0.39, 0.29) is 0 Å². The average molecular weight is 309 g/mol. The van der Waals surface area contributed by atoms with Crippen LogP contribution in [0.1, 0.15) is 0 Å². The summed E-state index contributed by atoms with van der Waals surface area (Å²) >= 11 is 3.26. The van der Waals surface area contributed by atoms with Gasteiger partial charge in [-0.25, -0.2) is 0 Å². The molecule has 0 aliphatic heterocycles. The highest BCUT2D eigenvalue weighted by molar-refractivity contribution is 9.10. The normalized spacial score (nSPS) is 11.6. The maximum atomic E-state index is 11.6. The summed E-state index contributed by atoms with van der Waals surface area (Å²) in [6, 6.07) is 5.05. The largest absolute Gasteiger partial charge is 0.497 e. The van der Waals surface area contributed by atoms with Crippen molar-refractivity contribution < 1.29 is 13.2 Å². The number of nitrogens with zero attached hydrogens (tertiary/aromatic N) is 1. The molecule has 0 aliphatic rings. The predicted molar refractivity (Wildman–Crippen MR) is 66.9 cm³/mol. The molecule has 1 rings (SSSR count). The molecule has 1 aromatic rings. The summed E-state index contributed by atoms with van der Waals surface area (Å²) in [6.07, 6.45) is 0. The lowest BCUT2D eigenvalue weighted by molar-refractivity contribution is 0.415. The molecule has 0 saturated heterocycles. The lowest BCUT2D eigenvalue weighted by atomic mass is 10.3. The van der Waals surface area contributed by atoms with Gasteiger partial charge in [0.25, 0.3) is 0 Å². The van der Waals surface area contributed by atoms with Crippen molar-refractivity contribution in [3.05, 3.63) is 22.7 Å². The number of nitrogens with one attached hydrogen (secondary N) is 1. The lowest BCUT2D eigenvalue weighted by Gasteiger charge is -2.15. The van der Waals surface area contributed by atoms with Gasteiger partial charge in [-0.05, 0) is 28.1 Å². The van der Waals surface area contributed by atoms with Gasteiger partial charge in [0.1, 0.15) is 5.75 Å². The zero-order chi connectivity index (χ0) is 12.3. The molecule has 0 fully saturated rings. The molecule has 7 heteroatoms. The number of anilines is 1. The van der Waals surface area contributed by atoms with Gasteiger partial charge >= 0.3 is 10.2 Å². The summed E-state index contributed by atoms with van der Waals surface area (Å²) < 4.78 is 32.4. The third kappa shape index (κ3) is 3.10. The second-order valence-electron chi connectivity index (χ2n) is 3.24. The minimum atomic E-state index is -3.50. The number of halogens is 1. The van der Waals surface area contributed by atoms with Crippen LogP contribution in [-0.2, 0) is 10.2 Å². The number of hydrogen-bond donors (Lipinski definition) is 1. The molecule has 0 unspecified atom stereocenters. The van der Waals surface area contributed by atoms with Crippen molar-refractivity contribution in [1.82, 2.24) is 4.31 Å². The van der Waals surface area contributed by atoms with Gasteiger partial charge in [-0.15, -0.1) is 0 Å². The number of ether oxygens (including phenoxy) is 1. The third-order valence-electron chi connectivity index (χ3n) is 1.89. The van der Waals surface area contributed by atoms with Crippen LogP contribution in [0.4, 0.5) is 5.69 Å². The molecule has 0 heterocycles. The SMILES string of the molecule is COc1ccc(Br)c(NS(=O)(=O)N(C)C)c1. The number of benzene rings is 1. The standard InChI is InChI=1S/C9H13BrN2O3S/c1-12(2)16(13,14)11-9-6-7(15-3)4-5-8(9)10/h4-6,11H,1-3H3. The zero-order valence-corrected chi connectivity index (χ0v) is 11.6. The molecule has 0 radical (unpaired) electrons. The van der Waals surface area contributed by atoms with Crippen LogP contribution in [0.5, 0.6) is 5.75 Å². The maximum Gasteiger partial charge on any atom is 0.301 e. The summed E-state index contributed by atoms with van der Waals surface area (Å²) in [5, 5.41) is 0. The summed E-state index contributed by atoms with van der Waals surface area (Å²) in [6.45, 7) is 0. The van der Waals surface area contributed by atoms with Crippen LogP contribution in [0.2, 0.25) is 0 Å². The summed E-state index contributed by atoms with van der Waals surface area (Å²) in [4.78, 5) is 0. The molecular formula is C9H13BrN2O3S. The van der Waals surface area contributed by atoms with E-state index in [4.69, 9.17) is 4.74 Å². The van der Waals surface area contributed by atoms with Crippen molar-refractivity contribution in [2.75, 3.05) is 25.9 Å². The van der Waals surface area contributed by atoms with Crippen LogP contribution < -0.4 is 9.46 Å². The number of hydrogen-bond acceptors (Lipinski definition) is 3. The van der Waals surface area contributed by atoms with Gasteiger partial charge in [-0.2, -0.15) is 12.7 Å². The highest BCUT2D eigenvalue weighted by Gasteiger charge is 2.15. The second kappa shape index (κ2) is 5.03. The average Bonchev–Trinajstić information content (AvgIpc) is 2.21. The van der Waals surface area contributed by atoms with Crippen LogP contribution in [-0.4, -0.2) is 33.9 Å². The Kier molecular flexibility index (Phi) is 4.17.